The van der Waals surface area contributed by atoms with Gasteiger partial charge >= 0.3 is 0 Å². The molecular weight excluding hydrogens is 178 g/mol. The lowest BCUT2D eigenvalue weighted by molar-refractivity contribution is -0.496. The minimum atomic E-state index is -0.246. The Labute approximate surface area is 82.9 Å². The van der Waals surface area contributed by atoms with Crippen molar-refractivity contribution in [1.29, 1.82) is 0 Å². The smallest absolute Gasteiger partial charge is 0.229 e. The number of nitro groups is 1. The molecule has 0 aromatic heterocycles. The minimum Gasteiger partial charge on any atom is -0.264 e. The summed E-state index contributed by atoms with van der Waals surface area (Å²) >= 11 is 0. The van der Waals surface area contributed by atoms with E-state index in [1.54, 1.807) is 0 Å². The average Bonchev–Trinajstić information content (AvgIpc) is 2.18. The summed E-state index contributed by atoms with van der Waals surface area (Å²) in [4.78, 5) is 10.2. The molecule has 1 aliphatic rings. The van der Waals surface area contributed by atoms with E-state index in [9.17, 15) is 10.1 Å². The standard InChI is InChI=1S/C11H13NO2/c13-12(14)8-10-6-3-5-9-4-1-2-7-11(9)10/h3,5-6H,1-2,4,7-8H2. The Bertz CT molecular complexity index is 360. The lowest BCUT2D eigenvalue weighted by atomic mass is 9.88. The van der Waals surface area contributed by atoms with Crippen molar-refractivity contribution in [3.8, 4) is 0 Å². The molecule has 1 aromatic rings. The number of hydrogen-bond donors (Lipinski definition) is 0. The van der Waals surface area contributed by atoms with E-state index in [4.69, 9.17) is 0 Å². The highest BCUT2D eigenvalue weighted by Crippen LogP contribution is 2.24. The number of rotatable bonds is 2. The Morgan fingerprint density at radius 2 is 2.07 bits per heavy atom. The van der Waals surface area contributed by atoms with Gasteiger partial charge in [-0.25, -0.2) is 0 Å². The third-order valence-electron chi connectivity index (χ3n) is 2.79. The molecule has 2 rings (SSSR count). The zero-order valence-corrected chi connectivity index (χ0v) is 8.03. The third-order valence-corrected chi connectivity index (χ3v) is 2.79. The number of nitrogens with zero attached hydrogens (tertiary/aromatic N) is 1. The van der Waals surface area contributed by atoms with Crippen molar-refractivity contribution in [3.05, 3.63) is 45.0 Å². The van der Waals surface area contributed by atoms with Crippen molar-refractivity contribution in [1.82, 2.24) is 0 Å². The van der Waals surface area contributed by atoms with Gasteiger partial charge in [0.25, 0.3) is 0 Å². The van der Waals surface area contributed by atoms with Crippen LogP contribution in [0.3, 0.4) is 0 Å². The fraction of sp³-hybridized carbons (Fsp3) is 0.455. The van der Waals surface area contributed by atoms with E-state index in [2.05, 4.69) is 6.07 Å². The molecule has 1 aliphatic carbocycles. The summed E-state index contributed by atoms with van der Waals surface area (Å²) in [6.45, 7) is -0.0246. The van der Waals surface area contributed by atoms with Gasteiger partial charge < -0.3 is 0 Å². The summed E-state index contributed by atoms with van der Waals surface area (Å²) in [7, 11) is 0. The number of hydrogen-bond acceptors (Lipinski definition) is 2. The molecule has 0 heterocycles. The first kappa shape index (κ1) is 9.19. The molecule has 0 fully saturated rings. The number of aryl methyl sites for hydroxylation is 1. The molecule has 0 amide bonds. The molecule has 0 aliphatic heterocycles. The molecule has 14 heavy (non-hydrogen) atoms. The Kier molecular flexibility index (Phi) is 2.48. The second-order valence-electron chi connectivity index (χ2n) is 3.75. The second-order valence-corrected chi connectivity index (χ2v) is 3.75. The summed E-state index contributed by atoms with van der Waals surface area (Å²) in [5.74, 6) is 0. The molecule has 0 radical (unpaired) electrons. The van der Waals surface area contributed by atoms with Crippen LogP contribution in [0.4, 0.5) is 0 Å². The molecule has 3 nitrogen and oxygen atoms in total. The zero-order chi connectivity index (χ0) is 9.97. The summed E-state index contributed by atoms with van der Waals surface area (Å²) in [5.41, 5.74) is 3.46. The lowest BCUT2D eigenvalue weighted by Gasteiger charge is -2.17. The van der Waals surface area contributed by atoms with Gasteiger partial charge in [-0.15, -0.1) is 0 Å². The minimum absolute atomic E-state index is 0.0246. The van der Waals surface area contributed by atoms with Crippen LogP contribution in [0.2, 0.25) is 0 Å². The normalized spacial score (nSPS) is 14.9. The van der Waals surface area contributed by atoms with Crippen LogP contribution in [0.5, 0.6) is 0 Å². The van der Waals surface area contributed by atoms with Crippen molar-refractivity contribution in [2.24, 2.45) is 0 Å². The van der Waals surface area contributed by atoms with E-state index in [-0.39, 0.29) is 11.5 Å². The van der Waals surface area contributed by atoms with Gasteiger partial charge in [0.2, 0.25) is 6.54 Å². The van der Waals surface area contributed by atoms with E-state index in [1.807, 2.05) is 12.1 Å². The largest absolute Gasteiger partial charge is 0.264 e. The van der Waals surface area contributed by atoms with Gasteiger partial charge in [-0.1, -0.05) is 18.2 Å². The van der Waals surface area contributed by atoms with Crippen molar-refractivity contribution in [3.63, 3.8) is 0 Å². The molecule has 0 saturated carbocycles. The fourth-order valence-corrected chi connectivity index (χ4v) is 2.15. The first-order valence-electron chi connectivity index (χ1n) is 4.99. The van der Waals surface area contributed by atoms with Crippen LogP contribution in [0, 0.1) is 10.1 Å². The SMILES string of the molecule is O=[N+]([O-])Cc1cccc2c1CCCC2. The van der Waals surface area contributed by atoms with Gasteiger partial charge in [-0.05, 0) is 36.8 Å². The van der Waals surface area contributed by atoms with Gasteiger partial charge in [-0.2, -0.15) is 0 Å². The molecule has 3 heteroatoms. The van der Waals surface area contributed by atoms with Crippen LogP contribution in [-0.4, -0.2) is 4.92 Å². The number of fused-ring (bicyclic) bond motifs is 1. The van der Waals surface area contributed by atoms with Crippen LogP contribution in [0.15, 0.2) is 18.2 Å². The average molecular weight is 191 g/mol. The first-order chi connectivity index (χ1) is 6.77. The highest BCUT2D eigenvalue weighted by atomic mass is 16.6. The van der Waals surface area contributed by atoms with E-state index >= 15 is 0 Å². The van der Waals surface area contributed by atoms with E-state index in [0.717, 1.165) is 18.4 Å². The lowest BCUT2D eigenvalue weighted by Crippen LogP contribution is -2.09. The fourth-order valence-electron chi connectivity index (χ4n) is 2.15. The van der Waals surface area contributed by atoms with Crippen molar-refractivity contribution in [2.45, 2.75) is 32.2 Å². The van der Waals surface area contributed by atoms with Crippen LogP contribution < -0.4 is 0 Å². The molecule has 1 aromatic carbocycles. The summed E-state index contributed by atoms with van der Waals surface area (Å²) in [6, 6.07) is 5.91. The second kappa shape index (κ2) is 3.78. The van der Waals surface area contributed by atoms with Crippen LogP contribution >= 0.6 is 0 Å². The molecule has 0 N–H and O–H groups in total. The topological polar surface area (TPSA) is 43.1 Å². The van der Waals surface area contributed by atoms with Crippen LogP contribution in [-0.2, 0) is 19.4 Å². The summed E-state index contributed by atoms with van der Waals surface area (Å²) < 4.78 is 0. The Hall–Kier alpha value is -1.38. The maximum atomic E-state index is 10.5. The molecule has 0 spiro atoms. The first-order valence-corrected chi connectivity index (χ1v) is 4.99. The van der Waals surface area contributed by atoms with Gasteiger partial charge in [0.1, 0.15) is 0 Å². The molecule has 0 saturated heterocycles. The predicted octanol–water partition coefficient (Wildman–Crippen LogP) is 2.34. The van der Waals surface area contributed by atoms with Gasteiger partial charge in [0.05, 0.1) is 0 Å². The van der Waals surface area contributed by atoms with Crippen molar-refractivity contribution < 1.29 is 4.92 Å². The molecule has 0 bridgehead atoms. The molecular formula is C11H13NO2. The summed E-state index contributed by atoms with van der Waals surface area (Å²) in [6.07, 6.45) is 4.48. The van der Waals surface area contributed by atoms with Crippen molar-refractivity contribution in [2.75, 3.05) is 0 Å². The van der Waals surface area contributed by atoms with E-state index in [1.165, 1.54) is 24.0 Å². The Balaban J connectivity index is 2.35. The van der Waals surface area contributed by atoms with Gasteiger partial charge in [0.15, 0.2) is 0 Å². The number of benzene rings is 1. The van der Waals surface area contributed by atoms with Crippen molar-refractivity contribution >= 4 is 0 Å². The van der Waals surface area contributed by atoms with Crippen LogP contribution in [0.25, 0.3) is 0 Å². The van der Waals surface area contributed by atoms with Gasteiger partial charge in [0, 0.05) is 10.5 Å². The Morgan fingerprint density at radius 3 is 2.86 bits per heavy atom. The summed E-state index contributed by atoms with van der Waals surface area (Å²) in [5, 5.41) is 10.5. The maximum Gasteiger partial charge on any atom is 0.229 e. The quantitative estimate of drug-likeness (QED) is 0.532. The highest BCUT2D eigenvalue weighted by Gasteiger charge is 2.15. The highest BCUT2D eigenvalue weighted by molar-refractivity contribution is 5.36. The molecule has 0 unspecified atom stereocenters. The predicted molar refractivity (Wildman–Crippen MR) is 53.8 cm³/mol. The zero-order valence-electron chi connectivity index (χ0n) is 8.03. The van der Waals surface area contributed by atoms with Gasteiger partial charge in [-0.3, -0.25) is 10.1 Å². The van der Waals surface area contributed by atoms with Crippen LogP contribution in [0.1, 0.15) is 29.5 Å². The third kappa shape index (κ3) is 1.76. The molecule has 74 valence electrons. The van der Waals surface area contributed by atoms with E-state index < -0.39 is 0 Å². The Morgan fingerprint density at radius 1 is 1.29 bits per heavy atom. The van der Waals surface area contributed by atoms with E-state index in [0.29, 0.717) is 0 Å². The monoisotopic (exact) mass is 191 g/mol. The maximum absolute atomic E-state index is 10.5. The molecule has 0 atom stereocenters.